The van der Waals surface area contributed by atoms with Crippen molar-refractivity contribution in [2.75, 3.05) is 17.7 Å². The Kier molecular flexibility index (Phi) is 5.39. The van der Waals surface area contributed by atoms with Gasteiger partial charge in [0.15, 0.2) is 0 Å². The van der Waals surface area contributed by atoms with Gasteiger partial charge in [0.25, 0.3) is 0 Å². The zero-order chi connectivity index (χ0) is 18.4. The summed E-state index contributed by atoms with van der Waals surface area (Å²) < 4.78 is 11.8. The van der Waals surface area contributed by atoms with Gasteiger partial charge in [-0.05, 0) is 36.4 Å². The molecule has 0 saturated heterocycles. The predicted molar refractivity (Wildman–Crippen MR) is 103 cm³/mol. The highest BCUT2D eigenvalue weighted by atomic mass is 16.5. The number of carbonyl (C=O) groups excluding carboxylic acids is 1. The molecule has 0 aliphatic rings. The predicted octanol–water partition coefficient (Wildman–Crippen LogP) is 5.27. The van der Waals surface area contributed by atoms with Crippen LogP contribution in [-0.2, 0) is 4.79 Å². The maximum absolute atomic E-state index is 11.2. The Bertz CT molecular complexity index is 909. The van der Waals surface area contributed by atoms with E-state index < -0.39 is 0 Å². The Hall–Kier alpha value is -3.47. The number of carbonyl (C=O) groups is 1. The van der Waals surface area contributed by atoms with Crippen LogP contribution in [0.15, 0.2) is 72.8 Å². The fraction of sp³-hybridized carbons (Fsp3) is 0.0952. The molecule has 0 aliphatic carbocycles. The van der Waals surface area contributed by atoms with Gasteiger partial charge in [0.05, 0.1) is 0 Å². The molecule has 0 unspecified atom stereocenters. The van der Waals surface area contributed by atoms with Crippen LogP contribution >= 0.6 is 0 Å². The van der Waals surface area contributed by atoms with Crippen LogP contribution in [0.25, 0.3) is 0 Å². The molecular weight excluding hydrogens is 328 g/mol. The topological polar surface area (TPSA) is 59.6 Å². The highest BCUT2D eigenvalue weighted by Crippen LogP contribution is 2.30. The van der Waals surface area contributed by atoms with Crippen LogP contribution in [-0.4, -0.2) is 13.0 Å². The van der Waals surface area contributed by atoms with E-state index in [1.165, 1.54) is 6.92 Å². The van der Waals surface area contributed by atoms with E-state index in [2.05, 4.69) is 10.6 Å². The molecule has 5 nitrogen and oxygen atoms in total. The second kappa shape index (κ2) is 8.07. The average Bonchev–Trinajstić information content (AvgIpc) is 2.62. The summed E-state index contributed by atoms with van der Waals surface area (Å²) in [6.07, 6.45) is 0. The van der Waals surface area contributed by atoms with E-state index in [9.17, 15) is 4.79 Å². The molecule has 132 valence electrons. The molecule has 0 atom stereocenters. The van der Waals surface area contributed by atoms with Crippen LogP contribution < -0.4 is 20.1 Å². The number of amides is 1. The third-order valence-corrected chi connectivity index (χ3v) is 3.55. The van der Waals surface area contributed by atoms with Crippen LogP contribution in [0.3, 0.4) is 0 Å². The number of benzene rings is 3. The minimum Gasteiger partial charge on any atom is -0.457 e. The van der Waals surface area contributed by atoms with Crippen LogP contribution in [0.5, 0.6) is 23.0 Å². The summed E-state index contributed by atoms with van der Waals surface area (Å²) in [6.45, 7) is 1.47. The first kappa shape index (κ1) is 17.4. The van der Waals surface area contributed by atoms with Gasteiger partial charge < -0.3 is 20.1 Å². The van der Waals surface area contributed by atoms with Crippen molar-refractivity contribution in [1.29, 1.82) is 0 Å². The van der Waals surface area contributed by atoms with Crippen molar-refractivity contribution in [3.05, 3.63) is 72.8 Å². The lowest BCUT2D eigenvalue weighted by Gasteiger charge is -2.11. The monoisotopic (exact) mass is 348 g/mol. The van der Waals surface area contributed by atoms with E-state index in [-0.39, 0.29) is 5.91 Å². The number of rotatable bonds is 6. The summed E-state index contributed by atoms with van der Waals surface area (Å²) in [4.78, 5) is 11.2. The number of anilines is 2. The first-order valence-electron chi connectivity index (χ1n) is 8.23. The molecule has 0 bridgehead atoms. The first-order valence-corrected chi connectivity index (χ1v) is 8.23. The van der Waals surface area contributed by atoms with Crippen LogP contribution in [0.4, 0.5) is 11.4 Å². The lowest BCUT2D eigenvalue weighted by molar-refractivity contribution is -0.114. The van der Waals surface area contributed by atoms with E-state index >= 15 is 0 Å². The summed E-state index contributed by atoms with van der Waals surface area (Å²) in [5, 5.41) is 5.82. The molecule has 5 heteroatoms. The Balaban J connectivity index is 1.74. The fourth-order valence-electron chi connectivity index (χ4n) is 2.43. The van der Waals surface area contributed by atoms with Gasteiger partial charge in [-0.3, -0.25) is 4.79 Å². The Morgan fingerprint density at radius 1 is 0.731 bits per heavy atom. The largest absolute Gasteiger partial charge is 0.457 e. The molecule has 0 heterocycles. The third kappa shape index (κ3) is 4.77. The number of hydrogen-bond acceptors (Lipinski definition) is 4. The molecular formula is C21H20N2O3. The van der Waals surface area contributed by atoms with Gasteiger partial charge in [0.1, 0.15) is 23.0 Å². The highest BCUT2D eigenvalue weighted by Gasteiger charge is 2.04. The molecule has 0 spiro atoms. The zero-order valence-electron chi connectivity index (χ0n) is 14.7. The van der Waals surface area contributed by atoms with E-state index in [0.29, 0.717) is 22.9 Å². The smallest absolute Gasteiger partial charge is 0.221 e. The molecule has 3 aromatic carbocycles. The molecule has 0 fully saturated rings. The van der Waals surface area contributed by atoms with Gasteiger partial charge in [0.2, 0.25) is 5.91 Å². The Morgan fingerprint density at radius 3 is 1.73 bits per heavy atom. The Morgan fingerprint density at radius 2 is 1.19 bits per heavy atom. The van der Waals surface area contributed by atoms with E-state index in [1.807, 2.05) is 73.8 Å². The highest BCUT2D eigenvalue weighted by molar-refractivity contribution is 5.88. The molecule has 3 rings (SSSR count). The molecule has 26 heavy (non-hydrogen) atoms. The van der Waals surface area contributed by atoms with Crippen LogP contribution in [0.1, 0.15) is 6.92 Å². The van der Waals surface area contributed by atoms with Crippen molar-refractivity contribution < 1.29 is 14.3 Å². The van der Waals surface area contributed by atoms with Crippen molar-refractivity contribution in [2.45, 2.75) is 6.92 Å². The molecule has 3 aromatic rings. The normalized spacial score (nSPS) is 10.1. The molecule has 0 saturated carbocycles. The van der Waals surface area contributed by atoms with Gasteiger partial charge in [0, 0.05) is 43.5 Å². The van der Waals surface area contributed by atoms with Gasteiger partial charge in [-0.2, -0.15) is 0 Å². The van der Waals surface area contributed by atoms with Crippen molar-refractivity contribution >= 4 is 17.3 Å². The second-order valence-corrected chi connectivity index (χ2v) is 5.67. The zero-order valence-corrected chi connectivity index (χ0v) is 14.7. The summed E-state index contributed by atoms with van der Waals surface area (Å²) in [7, 11) is 1.86. The molecule has 0 aromatic heterocycles. The first-order chi connectivity index (χ1) is 12.6. The van der Waals surface area contributed by atoms with E-state index in [0.717, 1.165) is 11.4 Å². The second-order valence-electron chi connectivity index (χ2n) is 5.67. The fourth-order valence-corrected chi connectivity index (χ4v) is 2.43. The van der Waals surface area contributed by atoms with Gasteiger partial charge >= 0.3 is 0 Å². The van der Waals surface area contributed by atoms with Crippen molar-refractivity contribution in [2.24, 2.45) is 0 Å². The lowest BCUT2D eigenvalue weighted by atomic mass is 10.2. The molecule has 0 radical (unpaired) electrons. The molecule has 2 N–H and O–H groups in total. The maximum Gasteiger partial charge on any atom is 0.221 e. The van der Waals surface area contributed by atoms with Gasteiger partial charge in [-0.15, -0.1) is 0 Å². The van der Waals surface area contributed by atoms with Crippen molar-refractivity contribution in [1.82, 2.24) is 0 Å². The summed E-state index contributed by atoms with van der Waals surface area (Å²) in [5.41, 5.74) is 1.66. The summed E-state index contributed by atoms with van der Waals surface area (Å²) in [5.74, 6) is 2.56. The number of hydrogen-bond donors (Lipinski definition) is 2. The van der Waals surface area contributed by atoms with Crippen LogP contribution in [0.2, 0.25) is 0 Å². The average molecular weight is 348 g/mol. The van der Waals surface area contributed by atoms with E-state index in [4.69, 9.17) is 9.47 Å². The standard InChI is InChI=1S/C21H20N2O3/c1-15(24)23-17-7-4-9-19(13-17)26-21-11-5-10-20(14-21)25-18-8-3-6-16(12-18)22-2/h3-14,22H,1-2H3,(H,23,24). The quantitative estimate of drug-likeness (QED) is 0.637. The van der Waals surface area contributed by atoms with Crippen LogP contribution in [0, 0.1) is 0 Å². The SMILES string of the molecule is CNc1cccc(Oc2cccc(Oc3cccc(NC(C)=O)c3)c2)c1. The maximum atomic E-state index is 11.2. The third-order valence-electron chi connectivity index (χ3n) is 3.55. The van der Waals surface area contributed by atoms with E-state index in [1.54, 1.807) is 6.07 Å². The lowest BCUT2D eigenvalue weighted by Crippen LogP contribution is -2.05. The van der Waals surface area contributed by atoms with Crippen molar-refractivity contribution in [3.63, 3.8) is 0 Å². The van der Waals surface area contributed by atoms with Gasteiger partial charge in [-0.25, -0.2) is 0 Å². The summed E-state index contributed by atoms with van der Waals surface area (Å²) >= 11 is 0. The van der Waals surface area contributed by atoms with Crippen molar-refractivity contribution in [3.8, 4) is 23.0 Å². The molecule has 1 amide bonds. The number of ether oxygens (including phenoxy) is 2. The summed E-state index contributed by atoms with van der Waals surface area (Å²) in [6, 6.07) is 22.3. The Labute approximate surface area is 152 Å². The minimum atomic E-state index is -0.124. The minimum absolute atomic E-state index is 0.124. The number of nitrogens with one attached hydrogen (secondary N) is 2. The van der Waals surface area contributed by atoms with Gasteiger partial charge in [-0.1, -0.05) is 18.2 Å². The molecule has 0 aliphatic heterocycles.